The lowest BCUT2D eigenvalue weighted by Crippen LogP contribution is -2.10. The lowest BCUT2D eigenvalue weighted by molar-refractivity contribution is 0.469. The summed E-state index contributed by atoms with van der Waals surface area (Å²) in [4.78, 5) is 0. The van der Waals surface area contributed by atoms with Gasteiger partial charge in [0.15, 0.2) is 0 Å². The topological polar surface area (TPSA) is 32.3 Å². The van der Waals surface area contributed by atoms with E-state index in [1.807, 2.05) is 13.0 Å². The van der Waals surface area contributed by atoms with Crippen molar-refractivity contribution >= 4 is 0 Å². The Morgan fingerprint density at radius 1 is 1.27 bits per heavy atom. The van der Waals surface area contributed by atoms with E-state index in [-0.39, 0.29) is 0 Å². The summed E-state index contributed by atoms with van der Waals surface area (Å²) in [5.41, 5.74) is 4.96. The van der Waals surface area contributed by atoms with Crippen LogP contribution in [-0.2, 0) is 0 Å². The Labute approximate surface area is 91.3 Å². The molecule has 1 fully saturated rings. The molecular weight excluding hydrogens is 186 g/mol. The quantitative estimate of drug-likeness (QED) is 0.738. The molecule has 2 nitrogen and oxygen atoms in total. The van der Waals surface area contributed by atoms with E-state index in [9.17, 15) is 5.11 Å². The van der Waals surface area contributed by atoms with Crippen molar-refractivity contribution in [1.82, 2.24) is 5.32 Å². The van der Waals surface area contributed by atoms with Crippen LogP contribution in [0.2, 0.25) is 0 Å². The van der Waals surface area contributed by atoms with Gasteiger partial charge >= 0.3 is 0 Å². The minimum absolute atomic E-state index is 0.430. The first-order valence-corrected chi connectivity index (χ1v) is 5.61. The fraction of sp³-hybridized carbons (Fsp3) is 0.538. The summed E-state index contributed by atoms with van der Waals surface area (Å²) < 4.78 is 0. The Kier molecular flexibility index (Phi) is 2.70. The molecule has 82 valence electrons. The lowest BCUT2D eigenvalue weighted by Gasteiger charge is -2.18. The third-order valence-electron chi connectivity index (χ3n) is 3.60. The highest BCUT2D eigenvalue weighted by molar-refractivity contribution is 5.49. The number of benzene rings is 1. The highest BCUT2D eigenvalue weighted by Gasteiger charge is 2.21. The zero-order valence-electron chi connectivity index (χ0n) is 9.72. The third kappa shape index (κ3) is 1.74. The highest BCUT2D eigenvalue weighted by Crippen LogP contribution is 2.33. The summed E-state index contributed by atoms with van der Waals surface area (Å²) in [5, 5.41) is 13.1. The number of hydrogen-bond acceptors (Lipinski definition) is 2. The maximum absolute atomic E-state index is 9.73. The van der Waals surface area contributed by atoms with Crippen molar-refractivity contribution < 1.29 is 5.11 Å². The second-order valence-electron chi connectivity index (χ2n) is 4.57. The monoisotopic (exact) mass is 205 g/mol. The van der Waals surface area contributed by atoms with Gasteiger partial charge in [-0.05, 0) is 68.0 Å². The molecule has 1 aromatic rings. The van der Waals surface area contributed by atoms with Crippen LogP contribution >= 0.6 is 0 Å². The minimum Gasteiger partial charge on any atom is -0.508 e. The van der Waals surface area contributed by atoms with Gasteiger partial charge in [0.05, 0.1) is 0 Å². The van der Waals surface area contributed by atoms with E-state index >= 15 is 0 Å². The van der Waals surface area contributed by atoms with Crippen molar-refractivity contribution in [2.24, 2.45) is 0 Å². The van der Waals surface area contributed by atoms with Gasteiger partial charge in [-0.2, -0.15) is 0 Å². The predicted molar refractivity (Wildman–Crippen MR) is 62.5 cm³/mol. The maximum atomic E-state index is 9.73. The fourth-order valence-corrected chi connectivity index (χ4v) is 2.61. The second kappa shape index (κ2) is 3.86. The van der Waals surface area contributed by atoms with Gasteiger partial charge in [-0.15, -0.1) is 0 Å². The molecule has 15 heavy (non-hydrogen) atoms. The average Bonchev–Trinajstić information content (AvgIpc) is 2.68. The van der Waals surface area contributed by atoms with Crippen molar-refractivity contribution in [3.8, 4) is 5.75 Å². The van der Waals surface area contributed by atoms with Gasteiger partial charge in [0.1, 0.15) is 5.75 Å². The van der Waals surface area contributed by atoms with Gasteiger partial charge in [0.2, 0.25) is 0 Å². The molecule has 1 aliphatic heterocycles. The first-order valence-electron chi connectivity index (χ1n) is 5.61. The Morgan fingerprint density at radius 3 is 2.60 bits per heavy atom. The number of hydrogen-bond donors (Lipinski definition) is 2. The van der Waals surface area contributed by atoms with Gasteiger partial charge < -0.3 is 10.4 Å². The maximum Gasteiger partial charge on any atom is 0.119 e. The minimum atomic E-state index is 0.430. The zero-order valence-corrected chi connectivity index (χ0v) is 9.72. The third-order valence-corrected chi connectivity index (χ3v) is 3.60. The first kappa shape index (κ1) is 10.5. The predicted octanol–water partition coefficient (Wildman–Crippen LogP) is 2.39. The van der Waals surface area contributed by atoms with E-state index in [4.69, 9.17) is 0 Å². The zero-order chi connectivity index (χ0) is 11.0. The molecule has 0 saturated carbocycles. The molecule has 2 rings (SSSR count). The van der Waals surface area contributed by atoms with E-state index in [2.05, 4.69) is 19.2 Å². The molecule has 1 aliphatic rings. The number of phenols is 1. The van der Waals surface area contributed by atoms with Crippen LogP contribution in [0.25, 0.3) is 0 Å². The summed E-state index contributed by atoms with van der Waals surface area (Å²) in [6.45, 7) is 8.40. The van der Waals surface area contributed by atoms with Crippen molar-refractivity contribution in [3.63, 3.8) is 0 Å². The van der Waals surface area contributed by atoms with Crippen LogP contribution in [0.5, 0.6) is 5.75 Å². The van der Waals surface area contributed by atoms with Gasteiger partial charge in [-0.3, -0.25) is 0 Å². The van der Waals surface area contributed by atoms with Crippen LogP contribution in [0.15, 0.2) is 6.07 Å². The molecule has 1 heterocycles. The standard InChI is InChI=1S/C13H19NO/c1-8-6-12(15)9(2)10(3)13(8)11-4-5-14-7-11/h6,11,14-15H,4-5,7H2,1-3H3. The van der Waals surface area contributed by atoms with Crippen LogP contribution < -0.4 is 5.32 Å². The molecule has 1 unspecified atom stereocenters. The average molecular weight is 205 g/mol. The van der Waals surface area contributed by atoms with E-state index in [1.54, 1.807) is 0 Å². The van der Waals surface area contributed by atoms with E-state index in [1.165, 1.54) is 23.1 Å². The van der Waals surface area contributed by atoms with Crippen LogP contribution in [-0.4, -0.2) is 18.2 Å². The number of phenolic OH excluding ortho intramolecular Hbond substituents is 1. The van der Waals surface area contributed by atoms with Crippen molar-refractivity contribution in [3.05, 3.63) is 28.3 Å². The van der Waals surface area contributed by atoms with Crippen molar-refractivity contribution in [1.29, 1.82) is 0 Å². The van der Waals surface area contributed by atoms with E-state index < -0.39 is 0 Å². The van der Waals surface area contributed by atoms with Gasteiger partial charge in [0.25, 0.3) is 0 Å². The Morgan fingerprint density at radius 2 is 2.00 bits per heavy atom. The molecule has 0 amide bonds. The van der Waals surface area contributed by atoms with E-state index in [0.29, 0.717) is 11.7 Å². The molecule has 1 aromatic carbocycles. The first-order chi connectivity index (χ1) is 7.11. The molecule has 0 radical (unpaired) electrons. The molecule has 0 spiro atoms. The lowest BCUT2D eigenvalue weighted by atomic mass is 9.87. The van der Waals surface area contributed by atoms with Crippen LogP contribution in [0.1, 0.15) is 34.6 Å². The van der Waals surface area contributed by atoms with E-state index in [0.717, 1.165) is 18.7 Å². The van der Waals surface area contributed by atoms with Gasteiger partial charge in [0, 0.05) is 6.54 Å². The molecular formula is C13H19NO. The summed E-state index contributed by atoms with van der Waals surface area (Å²) in [6, 6.07) is 1.90. The second-order valence-corrected chi connectivity index (χ2v) is 4.57. The number of aromatic hydroxyl groups is 1. The molecule has 0 aliphatic carbocycles. The molecule has 1 saturated heterocycles. The van der Waals surface area contributed by atoms with Crippen LogP contribution in [0, 0.1) is 20.8 Å². The van der Waals surface area contributed by atoms with Gasteiger partial charge in [-0.1, -0.05) is 0 Å². The number of rotatable bonds is 1. The van der Waals surface area contributed by atoms with Crippen LogP contribution in [0.3, 0.4) is 0 Å². The number of aryl methyl sites for hydroxylation is 1. The summed E-state index contributed by atoms with van der Waals surface area (Å²) in [7, 11) is 0. The van der Waals surface area contributed by atoms with Gasteiger partial charge in [-0.25, -0.2) is 0 Å². The van der Waals surface area contributed by atoms with Crippen molar-refractivity contribution in [2.45, 2.75) is 33.1 Å². The molecule has 2 N–H and O–H groups in total. The molecule has 0 bridgehead atoms. The smallest absolute Gasteiger partial charge is 0.119 e. The SMILES string of the molecule is Cc1cc(O)c(C)c(C)c1C1CCNC1. The highest BCUT2D eigenvalue weighted by atomic mass is 16.3. The number of nitrogens with one attached hydrogen (secondary N) is 1. The van der Waals surface area contributed by atoms with Crippen molar-refractivity contribution in [2.75, 3.05) is 13.1 Å². The summed E-state index contributed by atoms with van der Waals surface area (Å²) in [6.07, 6.45) is 1.21. The molecule has 2 heteroatoms. The Bertz CT molecular complexity index is 379. The molecule has 0 aromatic heterocycles. The summed E-state index contributed by atoms with van der Waals surface area (Å²) >= 11 is 0. The largest absolute Gasteiger partial charge is 0.508 e. The van der Waals surface area contributed by atoms with Crippen LogP contribution in [0.4, 0.5) is 0 Å². The Hall–Kier alpha value is -1.02. The summed E-state index contributed by atoms with van der Waals surface area (Å²) in [5.74, 6) is 1.06. The molecule has 1 atom stereocenters. The Balaban J connectivity index is 2.50. The normalized spacial score (nSPS) is 20.9. The fourth-order valence-electron chi connectivity index (χ4n) is 2.61.